The lowest BCUT2D eigenvalue weighted by Crippen LogP contribution is -2.22. The van der Waals surface area contributed by atoms with Crippen molar-refractivity contribution < 1.29 is 13.2 Å². The minimum atomic E-state index is -4.46. The van der Waals surface area contributed by atoms with Crippen LogP contribution in [0.2, 0.25) is 0 Å². The number of alkyl halides is 3. The van der Waals surface area contributed by atoms with Crippen LogP contribution in [0.25, 0.3) is 0 Å². The van der Waals surface area contributed by atoms with Gasteiger partial charge >= 0.3 is 6.18 Å². The SMILES string of the molecule is C=CN/N=C(\C=C)C(F)(F)F. The number of nitrogens with zero attached hydrogens (tertiary/aromatic N) is 1. The Balaban J connectivity index is 4.39. The highest BCUT2D eigenvalue weighted by molar-refractivity contribution is 5.98. The van der Waals surface area contributed by atoms with E-state index >= 15 is 0 Å². The van der Waals surface area contributed by atoms with E-state index < -0.39 is 11.9 Å². The molecule has 11 heavy (non-hydrogen) atoms. The Bertz CT molecular complexity index is 181. The van der Waals surface area contributed by atoms with Crippen LogP contribution in [0.3, 0.4) is 0 Å². The molecule has 0 aromatic rings. The van der Waals surface area contributed by atoms with E-state index in [9.17, 15) is 13.2 Å². The molecule has 0 aromatic carbocycles. The third-order valence-corrected chi connectivity index (χ3v) is 0.760. The number of hydrogen-bond donors (Lipinski definition) is 1. The Labute approximate surface area is 62.1 Å². The smallest absolute Gasteiger partial charge is 0.286 e. The standard InChI is InChI=1S/C6H7F3N2/c1-3-5(6(7,8)9)11-10-4-2/h3-4,10H,1-2H2/b11-5+. The number of hydrazone groups is 1. The molecular weight excluding hydrogens is 157 g/mol. The zero-order chi connectivity index (χ0) is 8.91. The second-order valence-electron chi connectivity index (χ2n) is 1.53. The van der Waals surface area contributed by atoms with Gasteiger partial charge in [-0.05, 0) is 6.08 Å². The molecule has 0 saturated heterocycles. The van der Waals surface area contributed by atoms with E-state index in [1.165, 1.54) is 0 Å². The number of halogens is 3. The van der Waals surface area contributed by atoms with Gasteiger partial charge < -0.3 is 0 Å². The van der Waals surface area contributed by atoms with Crippen LogP contribution in [0, 0.1) is 0 Å². The van der Waals surface area contributed by atoms with E-state index in [0.717, 1.165) is 6.20 Å². The van der Waals surface area contributed by atoms with Crippen molar-refractivity contribution in [3.05, 3.63) is 25.4 Å². The fraction of sp³-hybridized carbons (Fsp3) is 0.167. The molecule has 0 fully saturated rings. The summed E-state index contributed by atoms with van der Waals surface area (Å²) in [6, 6.07) is 0. The summed E-state index contributed by atoms with van der Waals surface area (Å²) in [5.74, 6) is 0. The molecule has 0 spiro atoms. The molecule has 62 valence electrons. The zero-order valence-corrected chi connectivity index (χ0v) is 5.65. The molecular formula is C6H7F3N2. The molecule has 1 N–H and O–H groups in total. The molecule has 0 amide bonds. The first-order valence-electron chi connectivity index (χ1n) is 2.66. The first kappa shape index (κ1) is 9.74. The summed E-state index contributed by atoms with van der Waals surface area (Å²) < 4.78 is 35.3. The lowest BCUT2D eigenvalue weighted by molar-refractivity contribution is -0.0580. The van der Waals surface area contributed by atoms with Gasteiger partial charge in [-0.2, -0.15) is 18.3 Å². The topological polar surface area (TPSA) is 24.4 Å². The molecule has 0 radical (unpaired) electrons. The molecule has 0 saturated carbocycles. The summed E-state index contributed by atoms with van der Waals surface area (Å²) in [6.45, 7) is 6.08. The van der Waals surface area contributed by atoms with Gasteiger partial charge in [0.05, 0.1) is 0 Å². The second kappa shape index (κ2) is 3.80. The maximum Gasteiger partial charge on any atom is 0.435 e. The normalized spacial score (nSPS) is 12.5. The van der Waals surface area contributed by atoms with Crippen LogP contribution in [-0.4, -0.2) is 11.9 Å². The van der Waals surface area contributed by atoms with Gasteiger partial charge in [-0.3, -0.25) is 5.43 Å². The van der Waals surface area contributed by atoms with E-state index in [-0.39, 0.29) is 0 Å². The highest BCUT2D eigenvalue weighted by Gasteiger charge is 2.33. The molecule has 5 heteroatoms. The maximum atomic E-state index is 11.8. The van der Waals surface area contributed by atoms with Gasteiger partial charge in [-0.25, -0.2) is 0 Å². The minimum absolute atomic E-state index is 0.622. The summed E-state index contributed by atoms with van der Waals surface area (Å²) in [5, 5.41) is 2.94. The minimum Gasteiger partial charge on any atom is -0.286 e. The van der Waals surface area contributed by atoms with Gasteiger partial charge in [0.2, 0.25) is 0 Å². The molecule has 0 aromatic heterocycles. The molecule has 0 rings (SSSR count). The van der Waals surface area contributed by atoms with E-state index in [2.05, 4.69) is 18.3 Å². The van der Waals surface area contributed by atoms with Crippen LogP contribution in [0.15, 0.2) is 30.5 Å². The molecule has 0 unspecified atom stereocenters. The third kappa shape index (κ3) is 3.44. The fourth-order valence-corrected chi connectivity index (χ4v) is 0.340. The van der Waals surface area contributed by atoms with Crippen molar-refractivity contribution in [2.75, 3.05) is 0 Å². The van der Waals surface area contributed by atoms with Crippen LogP contribution in [0.1, 0.15) is 0 Å². The third-order valence-electron chi connectivity index (χ3n) is 0.760. The van der Waals surface area contributed by atoms with Gasteiger partial charge in [0.25, 0.3) is 0 Å². The summed E-state index contributed by atoms with van der Waals surface area (Å²) in [5.41, 5.74) is 0.895. The lowest BCUT2D eigenvalue weighted by Gasteiger charge is -2.04. The summed E-state index contributed by atoms with van der Waals surface area (Å²) in [6.07, 6.45) is -2.80. The number of nitrogens with one attached hydrogen (secondary N) is 1. The van der Waals surface area contributed by atoms with Crippen molar-refractivity contribution in [3.8, 4) is 0 Å². The Morgan fingerprint density at radius 3 is 2.18 bits per heavy atom. The zero-order valence-electron chi connectivity index (χ0n) is 5.65. The molecule has 0 atom stereocenters. The van der Waals surface area contributed by atoms with Crippen molar-refractivity contribution in [2.24, 2.45) is 5.10 Å². The predicted molar refractivity (Wildman–Crippen MR) is 37.0 cm³/mol. The van der Waals surface area contributed by atoms with Crippen molar-refractivity contribution in [2.45, 2.75) is 6.18 Å². The Kier molecular flexibility index (Phi) is 3.36. The monoisotopic (exact) mass is 164 g/mol. The van der Waals surface area contributed by atoms with Gasteiger partial charge in [-0.1, -0.05) is 13.2 Å². The van der Waals surface area contributed by atoms with Gasteiger partial charge in [0.1, 0.15) is 0 Å². The molecule has 0 aliphatic carbocycles. The van der Waals surface area contributed by atoms with Gasteiger partial charge in [-0.15, -0.1) is 0 Å². The highest BCUT2D eigenvalue weighted by Crippen LogP contribution is 2.17. The van der Waals surface area contributed by atoms with Crippen molar-refractivity contribution in [3.63, 3.8) is 0 Å². The van der Waals surface area contributed by atoms with E-state index in [1.54, 1.807) is 0 Å². The maximum absolute atomic E-state index is 11.8. The Morgan fingerprint density at radius 2 is 1.91 bits per heavy atom. The molecule has 0 heterocycles. The first-order chi connectivity index (χ1) is 5.02. The predicted octanol–water partition coefficient (Wildman–Crippen LogP) is 1.82. The van der Waals surface area contributed by atoms with E-state index in [0.29, 0.717) is 6.08 Å². The molecule has 2 nitrogen and oxygen atoms in total. The Morgan fingerprint density at radius 1 is 1.36 bits per heavy atom. The quantitative estimate of drug-likeness (QED) is 0.499. The van der Waals surface area contributed by atoms with Gasteiger partial charge in [0.15, 0.2) is 5.71 Å². The Hall–Kier alpha value is -1.26. The molecule has 0 bridgehead atoms. The lowest BCUT2D eigenvalue weighted by atomic mass is 10.4. The summed E-state index contributed by atoms with van der Waals surface area (Å²) >= 11 is 0. The number of rotatable bonds is 3. The van der Waals surface area contributed by atoms with Crippen LogP contribution in [-0.2, 0) is 0 Å². The van der Waals surface area contributed by atoms with Crippen molar-refractivity contribution >= 4 is 5.71 Å². The summed E-state index contributed by atoms with van der Waals surface area (Å²) in [7, 11) is 0. The highest BCUT2D eigenvalue weighted by atomic mass is 19.4. The van der Waals surface area contributed by atoms with Crippen molar-refractivity contribution in [1.29, 1.82) is 0 Å². The number of allylic oxidation sites excluding steroid dienone is 1. The largest absolute Gasteiger partial charge is 0.435 e. The van der Waals surface area contributed by atoms with Crippen LogP contribution in [0.5, 0.6) is 0 Å². The van der Waals surface area contributed by atoms with E-state index in [1.807, 2.05) is 5.43 Å². The average Bonchev–Trinajstić information content (AvgIpc) is 1.87. The van der Waals surface area contributed by atoms with Crippen molar-refractivity contribution in [1.82, 2.24) is 5.43 Å². The fourth-order valence-electron chi connectivity index (χ4n) is 0.340. The summed E-state index contributed by atoms with van der Waals surface area (Å²) in [4.78, 5) is 0. The van der Waals surface area contributed by atoms with Gasteiger partial charge in [0, 0.05) is 6.20 Å². The van der Waals surface area contributed by atoms with Crippen LogP contribution < -0.4 is 5.43 Å². The average molecular weight is 164 g/mol. The molecule has 0 aliphatic heterocycles. The van der Waals surface area contributed by atoms with Crippen LogP contribution >= 0.6 is 0 Å². The first-order valence-corrected chi connectivity index (χ1v) is 2.66. The second-order valence-corrected chi connectivity index (χ2v) is 1.53. The molecule has 0 aliphatic rings. The number of hydrogen-bond acceptors (Lipinski definition) is 2. The van der Waals surface area contributed by atoms with Crippen LogP contribution in [0.4, 0.5) is 13.2 Å². The van der Waals surface area contributed by atoms with E-state index in [4.69, 9.17) is 0 Å².